The van der Waals surface area contributed by atoms with E-state index in [1.807, 2.05) is 6.26 Å². The van der Waals surface area contributed by atoms with Crippen LogP contribution in [0, 0.1) is 0 Å². The molecule has 0 spiro atoms. The van der Waals surface area contributed by atoms with E-state index in [1.54, 1.807) is 75.3 Å². The third-order valence-corrected chi connectivity index (χ3v) is 8.74. The molecule has 2 atom stereocenters. The Balaban J connectivity index is 2.71. The third-order valence-electron chi connectivity index (χ3n) is 4.29. The van der Waals surface area contributed by atoms with Gasteiger partial charge in [0.05, 0.1) is 42.7 Å². The second-order valence-corrected chi connectivity index (χ2v) is 14.8. The van der Waals surface area contributed by atoms with Gasteiger partial charge in [0.25, 0.3) is 0 Å². The maximum absolute atomic E-state index is 13.0. The van der Waals surface area contributed by atoms with Crippen molar-refractivity contribution in [1.29, 1.82) is 0 Å². The van der Waals surface area contributed by atoms with Crippen LogP contribution in [-0.4, -0.2) is 78.8 Å². The molecule has 0 radical (unpaired) electrons. The van der Waals surface area contributed by atoms with E-state index in [2.05, 4.69) is 9.97 Å². The van der Waals surface area contributed by atoms with Crippen molar-refractivity contribution in [2.75, 3.05) is 32.2 Å². The van der Waals surface area contributed by atoms with Crippen LogP contribution in [0.4, 0.5) is 0 Å². The molecule has 0 aliphatic rings. The first kappa shape index (κ1) is 37.3. The van der Waals surface area contributed by atoms with Crippen molar-refractivity contribution in [3.8, 4) is 11.8 Å². The van der Waals surface area contributed by atoms with Crippen LogP contribution in [0.15, 0.2) is 11.2 Å². The zero-order chi connectivity index (χ0) is 30.5. The van der Waals surface area contributed by atoms with Crippen LogP contribution >= 0.6 is 27.0 Å². The van der Waals surface area contributed by atoms with E-state index in [1.165, 1.54) is 11.8 Å². The zero-order valence-electron chi connectivity index (χ0n) is 25.6. The lowest BCUT2D eigenvalue weighted by Crippen LogP contribution is -2.22. The summed E-state index contributed by atoms with van der Waals surface area (Å²) in [6.45, 7) is 18.1. The summed E-state index contributed by atoms with van der Waals surface area (Å²) in [5.41, 5.74) is 0. The summed E-state index contributed by atoms with van der Waals surface area (Å²) in [5, 5.41) is 0.454. The van der Waals surface area contributed by atoms with Crippen molar-refractivity contribution in [2.24, 2.45) is 0 Å². The van der Waals surface area contributed by atoms with Gasteiger partial charge in [-0.15, -0.1) is 0 Å². The molecule has 0 bridgehead atoms. The monoisotopic (exact) mass is 630 g/mol. The number of nitrogens with zero attached hydrogens (tertiary/aromatic N) is 2. The summed E-state index contributed by atoms with van der Waals surface area (Å²) >= 11 is 1.33. The highest BCUT2D eigenvalue weighted by Crippen LogP contribution is 2.51. The maximum atomic E-state index is 13.0. The van der Waals surface area contributed by atoms with Crippen LogP contribution in [0.1, 0.15) is 69.2 Å². The molecular weight excluding hydrogens is 582 g/mol. The average molecular weight is 631 g/mol. The molecule has 0 saturated heterocycles. The normalized spacial score (nSPS) is 14.4. The first-order valence-corrected chi connectivity index (χ1v) is 18.1. The number of rotatable bonds is 21. The molecule has 40 heavy (non-hydrogen) atoms. The van der Waals surface area contributed by atoms with Crippen LogP contribution in [0.3, 0.4) is 0 Å². The molecule has 0 N–H and O–H groups in total. The first-order valence-electron chi connectivity index (χ1n) is 13.4. The van der Waals surface area contributed by atoms with Gasteiger partial charge >= 0.3 is 15.2 Å². The molecule has 0 amide bonds. The lowest BCUT2D eigenvalue weighted by molar-refractivity contribution is 0.0334. The fourth-order valence-electron chi connectivity index (χ4n) is 3.02. The summed E-state index contributed by atoms with van der Waals surface area (Å²) in [6.07, 6.45) is -0.514. The van der Waals surface area contributed by atoms with Crippen LogP contribution in [0.25, 0.3) is 0 Å². The molecule has 15 heteroatoms. The largest absolute Gasteiger partial charge is 0.475 e. The quantitative estimate of drug-likeness (QED) is 0.0804. The second-order valence-electron chi connectivity index (χ2n) is 10.2. The van der Waals surface area contributed by atoms with Crippen molar-refractivity contribution >= 4 is 27.0 Å². The van der Waals surface area contributed by atoms with Crippen LogP contribution < -0.4 is 9.47 Å². The molecule has 0 fully saturated rings. The zero-order valence-corrected chi connectivity index (χ0v) is 28.3. The SMILES string of the molecule is CSc1nc(OC[C@@H](C)OCP(=O)(OC(C)C)OC(C)C)cc(OC[C@H](C)OCP(=O)(OC(C)C)OC(C)C)n1. The highest BCUT2D eigenvalue weighted by Gasteiger charge is 2.30. The van der Waals surface area contributed by atoms with Crippen molar-refractivity contribution in [3.05, 3.63) is 6.07 Å². The van der Waals surface area contributed by atoms with E-state index in [0.717, 1.165) is 0 Å². The predicted molar refractivity (Wildman–Crippen MR) is 156 cm³/mol. The van der Waals surface area contributed by atoms with Crippen LogP contribution in [0.5, 0.6) is 11.8 Å². The van der Waals surface area contributed by atoms with Crippen molar-refractivity contribution in [2.45, 2.75) is 111 Å². The Morgan fingerprint density at radius 3 is 1.25 bits per heavy atom. The molecule has 0 saturated carbocycles. The Labute approximate surface area is 243 Å². The Bertz CT molecular complexity index is 869. The fourth-order valence-corrected chi connectivity index (χ4v) is 7.17. The maximum Gasteiger partial charge on any atom is 0.356 e. The molecule has 1 heterocycles. The number of hydrogen-bond donors (Lipinski definition) is 0. The summed E-state index contributed by atoms with van der Waals surface area (Å²) in [7, 11) is -6.85. The fraction of sp³-hybridized carbons (Fsp3) is 0.840. The molecule has 0 aliphatic carbocycles. The van der Waals surface area contributed by atoms with E-state index in [0.29, 0.717) is 16.9 Å². The standard InChI is InChI=1S/C25H48N2O10P2S/c1-17(2)34-38(28,35-18(3)4)15-32-21(9)13-30-23-12-24(27-25(26-23)40-11)31-14-22(10)33-16-39(29,36-19(5)6)37-20(7)8/h12,17-22H,13-16H2,1-11H3/t21-,22+. The lowest BCUT2D eigenvalue weighted by atomic mass is 10.4. The first-order chi connectivity index (χ1) is 18.5. The van der Waals surface area contributed by atoms with Crippen LogP contribution in [0.2, 0.25) is 0 Å². The van der Waals surface area contributed by atoms with Gasteiger partial charge in [0.2, 0.25) is 11.8 Å². The third kappa shape index (κ3) is 16.0. The smallest absolute Gasteiger partial charge is 0.356 e. The van der Waals surface area contributed by atoms with E-state index in [4.69, 9.17) is 37.0 Å². The molecule has 0 unspecified atom stereocenters. The van der Waals surface area contributed by atoms with Gasteiger partial charge < -0.3 is 37.0 Å². The number of aromatic nitrogens is 2. The molecule has 1 rings (SSSR count). The summed E-state index contributed by atoms with van der Waals surface area (Å²) < 4.78 is 71.1. The van der Waals surface area contributed by atoms with Crippen molar-refractivity contribution in [1.82, 2.24) is 9.97 Å². The van der Waals surface area contributed by atoms with Gasteiger partial charge in [-0.1, -0.05) is 11.8 Å². The number of ether oxygens (including phenoxy) is 4. The van der Waals surface area contributed by atoms with Gasteiger partial charge in [-0.25, -0.2) is 0 Å². The highest BCUT2D eigenvalue weighted by atomic mass is 32.2. The Hall–Kier alpha value is -0.750. The topological polar surface area (TPSA) is 134 Å². The molecule has 0 aromatic carbocycles. The molecule has 12 nitrogen and oxygen atoms in total. The molecule has 0 aliphatic heterocycles. The van der Waals surface area contributed by atoms with Crippen molar-refractivity contribution < 1.29 is 46.2 Å². The number of hydrogen-bond acceptors (Lipinski definition) is 13. The molecule has 234 valence electrons. The minimum absolute atomic E-state index is 0.133. The van der Waals surface area contributed by atoms with Gasteiger partial charge in [0.15, 0.2) is 5.16 Å². The van der Waals surface area contributed by atoms with Gasteiger partial charge in [-0.2, -0.15) is 9.97 Å². The van der Waals surface area contributed by atoms with Gasteiger partial charge in [-0.3, -0.25) is 9.13 Å². The molecule has 1 aromatic rings. The molecular formula is C25H48N2O10P2S. The van der Waals surface area contributed by atoms with Gasteiger partial charge in [0.1, 0.15) is 25.9 Å². The van der Waals surface area contributed by atoms with E-state index in [-0.39, 0.29) is 50.3 Å². The lowest BCUT2D eigenvalue weighted by Gasteiger charge is -2.24. The highest BCUT2D eigenvalue weighted by molar-refractivity contribution is 7.98. The summed E-state index contributed by atoms with van der Waals surface area (Å²) in [5.74, 6) is 0.581. The summed E-state index contributed by atoms with van der Waals surface area (Å²) in [4.78, 5) is 8.70. The van der Waals surface area contributed by atoms with Gasteiger partial charge in [-0.05, 0) is 75.5 Å². The Morgan fingerprint density at radius 2 is 0.975 bits per heavy atom. The average Bonchev–Trinajstić information content (AvgIpc) is 2.81. The Kier molecular flexibility index (Phi) is 16.8. The van der Waals surface area contributed by atoms with E-state index in [9.17, 15) is 9.13 Å². The Morgan fingerprint density at radius 1 is 0.650 bits per heavy atom. The second kappa shape index (κ2) is 18.0. The minimum atomic E-state index is -3.42. The van der Waals surface area contributed by atoms with Gasteiger partial charge in [0, 0.05) is 0 Å². The van der Waals surface area contributed by atoms with E-state index >= 15 is 0 Å². The van der Waals surface area contributed by atoms with Crippen molar-refractivity contribution in [3.63, 3.8) is 0 Å². The predicted octanol–water partition coefficient (Wildman–Crippen LogP) is 6.77. The summed E-state index contributed by atoms with van der Waals surface area (Å²) in [6, 6.07) is 1.56. The number of thioether (sulfide) groups is 1. The minimum Gasteiger partial charge on any atom is -0.475 e. The van der Waals surface area contributed by atoms with Crippen LogP contribution in [-0.2, 0) is 36.7 Å². The van der Waals surface area contributed by atoms with E-state index < -0.39 is 27.4 Å². The molecule has 1 aromatic heterocycles.